The van der Waals surface area contributed by atoms with Crippen molar-refractivity contribution in [2.75, 3.05) is 6.61 Å². The van der Waals surface area contributed by atoms with Crippen molar-refractivity contribution in [2.24, 2.45) is 0 Å². The number of aromatic nitrogens is 1. The van der Waals surface area contributed by atoms with Gasteiger partial charge in [0.05, 0.1) is 11.0 Å². The third-order valence-electron chi connectivity index (χ3n) is 4.91. The van der Waals surface area contributed by atoms with Crippen LogP contribution in [-0.4, -0.2) is 54.8 Å². The number of aryl methyl sites for hydroxylation is 2. The zero-order valence-electron chi connectivity index (χ0n) is 18.4. The van der Waals surface area contributed by atoms with E-state index in [9.17, 15) is 36.3 Å². The Kier molecular flexibility index (Phi) is 8.09. The van der Waals surface area contributed by atoms with E-state index in [1.807, 2.05) is 4.72 Å². The topological polar surface area (TPSA) is 115 Å². The Bertz CT molecular complexity index is 1120. The average Bonchev–Trinajstić information content (AvgIpc) is 2.97. The summed E-state index contributed by atoms with van der Waals surface area (Å²) in [5.41, 5.74) is 1.01. The van der Waals surface area contributed by atoms with Crippen molar-refractivity contribution in [3.63, 3.8) is 0 Å². The number of Topliss-reactive ketones (excluding diaryl/α,β-unsaturated/α-hetero) is 1. The zero-order chi connectivity index (χ0) is 25.1. The predicted octanol–water partition coefficient (Wildman–Crippen LogP) is 2.43. The van der Waals surface area contributed by atoms with Crippen LogP contribution < -0.4 is 4.72 Å². The number of alkyl halides is 3. The van der Waals surface area contributed by atoms with Gasteiger partial charge in [-0.3, -0.25) is 9.59 Å². The van der Waals surface area contributed by atoms with Crippen LogP contribution in [0.5, 0.6) is 0 Å². The van der Waals surface area contributed by atoms with E-state index in [0.29, 0.717) is 0 Å². The Hall–Kier alpha value is -2.70. The lowest BCUT2D eigenvalue weighted by molar-refractivity contribution is -0.147. The number of carbonyl (C=O) groups is 2. The minimum absolute atomic E-state index is 0.0537. The number of ketones is 1. The maximum atomic E-state index is 12.8. The number of rotatable bonds is 9. The molecule has 0 aliphatic rings. The van der Waals surface area contributed by atoms with E-state index >= 15 is 0 Å². The standard InChI is InChI=1S/C21H25F3N2O6S/c1-12-5-7-16(8-6-12)33(30,31)25-19(15(4)27)20(29)32-10-18(28)17-9-13(2)26(14(17)3)11-21(22,23)24/h5-9,15,19,25,27H,10-11H2,1-4H3/t15-,19-/m0/s1. The molecule has 8 nitrogen and oxygen atoms in total. The number of aliphatic hydroxyl groups is 1. The number of nitrogens with one attached hydrogen (secondary N) is 1. The molecule has 2 atom stereocenters. The van der Waals surface area contributed by atoms with Gasteiger partial charge in [-0.05, 0) is 45.9 Å². The van der Waals surface area contributed by atoms with Crippen molar-refractivity contribution in [3.8, 4) is 0 Å². The molecular weight excluding hydrogens is 465 g/mol. The van der Waals surface area contributed by atoms with Gasteiger partial charge in [-0.25, -0.2) is 8.42 Å². The second kappa shape index (κ2) is 10.1. The largest absolute Gasteiger partial charge is 0.456 e. The highest BCUT2D eigenvalue weighted by Crippen LogP contribution is 2.23. The summed E-state index contributed by atoms with van der Waals surface area (Å²) in [6.45, 7) is 3.55. The first-order valence-corrected chi connectivity index (χ1v) is 11.3. The first-order chi connectivity index (χ1) is 15.1. The molecule has 0 spiro atoms. The Balaban J connectivity index is 2.12. The Morgan fingerprint density at radius 1 is 1.15 bits per heavy atom. The molecule has 0 saturated heterocycles. The molecule has 2 aromatic rings. The summed E-state index contributed by atoms with van der Waals surface area (Å²) in [5, 5.41) is 9.89. The first-order valence-electron chi connectivity index (χ1n) is 9.83. The van der Waals surface area contributed by atoms with Gasteiger partial charge in [-0.15, -0.1) is 0 Å². The molecule has 1 aromatic carbocycles. The quantitative estimate of drug-likeness (QED) is 0.412. The van der Waals surface area contributed by atoms with Gasteiger partial charge in [0.15, 0.2) is 6.61 Å². The molecule has 0 saturated carbocycles. The maximum Gasteiger partial charge on any atom is 0.406 e. The van der Waals surface area contributed by atoms with Crippen LogP contribution in [-0.2, 0) is 26.1 Å². The molecule has 1 heterocycles. The summed E-state index contributed by atoms with van der Waals surface area (Å²) in [4.78, 5) is 24.7. The predicted molar refractivity (Wildman–Crippen MR) is 112 cm³/mol. The van der Waals surface area contributed by atoms with Crippen molar-refractivity contribution < 1.29 is 41.0 Å². The van der Waals surface area contributed by atoms with Crippen LogP contribution in [0.15, 0.2) is 35.2 Å². The number of carbonyl (C=O) groups excluding carboxylic acids is 2. The first kappa shape index (κ1) is 26.6. The van der Waals surface area contributed by atoms with E-state index in [0.717, 1.165) is 17.1 Å². The molecule has 2 N–H and O–H groups in total. The van der Waals surface area contributed by atoms with E-state index in [1.54, 1.807) is 19.1 Å². The smallest absolute Gasteiger partial charge is 0.406 e. The van der Waals surface area contributed by atoms with E-state index in [4.69, 9.17) is 4.74 Å². The Labute approximate surface area is 189 Å². The fourth-order valence-electron chi connectivity index (χ4n) is 3.11. The monoisotopic (exact) mass is 490 g/mol. The summed E-state index contributed by atoms with van der Waals surface area (Å²) in [6.07, 6.45) is -5.98. The van der Waals surface area contributed by atoms with Crippen molar-refractivity contribution >= 4 is 21.8 Å². The number of benzene rings is 1. The third kappa shape index (κ3) is 6.89. The van der Waals surface area contributed by atoms with Crippen LogP contribution >= 0.6 is 0 Å². The SMILES string of the molecule is Cc1ccc(S(=O)(=O)N[C@H](C(=O)OCC(=O)c2cc(C)n(CC(F)(F)F)c2C)[C@H](C)O)cc1. The van der Waals surface area contributed by atoms with Gasteiger partial charge in [0.1, 0.15) is 12.6 Å². The third-order valence-corrected chi connectivity index (χ3v) is 6.36. The molecule has 0 unspecified atom stereocenters. The van der Waals surface area contributed by atoms with Gasteiger partial charge in [0.25, 0.3) is 0 Å². The number of sulfonamides is 1. The molecule has 33 heavy (non-hydrogen) atoms. The molecule has 0 bridgehead atoms. The van der Waals surface area contributed by atoms with Gasteiger partial charge in [0.2, 0.25) is 15.8 Å². The fourth-order valence-corrected chi connectivity index (χ4v) is 4.36. The van der Waals surface area contributed by atoms with Crippen molar-refractivity contribution in [1.29, 1.82) is 0 Å². The second-order valence-corrected chi connectivity index (χ2v) is 9.38. The van der Waals surface area contributed by atoms with Gasteiger partial charge in [0, 0.05) is 17.0 Å². The number of hydrogen-bond donors (Lipinski definition) is 2. The summed E-state index contributed by atoms with van der Waals surface area (Å²) in [7, 11) is -4.19. The number of hydrogen-bond acceptors (Lipinski definition) is 6. The van der Waals surface area contributed by atoms with Gasteiger partial charge in [-0.2, -0.15) is 17.9 Å². The highest BCUT2D eigenvalue weighted by atomic mass is 32.2. The van der Waals surface area contributed by atoms with Gasteiger partial charge in [-0.1, -0.05) is 17.7 Å². The van der Waals surface area contributed by atoms with Crippen molar-refractivity contribution in [3.05, 3.63) is 52.8 Å². The minimum Gasteiger partial charge on any atom is -0.456 e. The molecule has 182 valence electrons. The lowest BCUT2D eigenvalue weighted by Gasteiger charge is -2.20. The lowest BCUT2D eigenvalue weighted by Crippen LogP contribution is -2.48. The molecule has 12 heteroatoms. The zero-order valence-corrected chi connectivity index (χ0v) is 19.2. The highest BCUT2D eigenvalue weighted by Gasteiger charge is 2.33. The van der Waals surface area contributed by atoms with Gasteiger partial charge < -0.3 is 14.4 Å². The summed E-state index contributed by atoms with van der Waals surface area (Å²) >= 11 is 0. The fraction of sp³-hybridized carbons (Fsp3) is 0.429. The molecular formula is C21H25F3N2O6S. The van der Waals surface area contributed by atoms with E-state index < -0.39 is 53.2 Å². The second-order valence-electron chi connectivity index (χ2n) is 7.67. The van der Waals surface area contributed by atoms with Crippen LogP contribution in [0.2, 0.25) is 0 Å². The maximum absolute atomic E-state index is 12.8. The number of esters is 1. The summed E-state index contributed by atoms with van der Waals surface area (Å²) in [6, 6.07) is 5.30. The number of ether oxygens (including phenoxy) is 1. The molecule has 0 fully saturated rings. The Morgan fingerprint density at radius 2 is 1.73 bits per heavy atom. The highest BCUT2D eigenvalue weighted by molar-refractivity contribution is 7.89. The molecule has 0 amide bonds. The normalized spacial score (nSPS) is 14.1. The number of nitrogens with zero attached hydrogens (tertiary/aromatic N) is 1. The number of aliphatic hydroxyl groups excluding tert-OH is 1. The Morgan fingerprint density at radius 3 is 2.24 bits per heavy atom. The van der Waals surface area contributed by atoms with E-state index in [1.165, 1.54) is 32.0 Å². The van der Waals surface area contributed by atoms with Crippen molar-refractivity contribution in [1.82, 2.24) is 9.29 Å². The molecule has 0 aliphatic heterocycles. The van der Waals surface area contributed by atoms with E-state index in [-0.39, 0.29) is 21.8 Å². The molecule has 0 radical (unpaired) electrons. The van der Waals surface area contributed by atoms with Crippen LogP contribution in [0.3, 0.4) is 0 Å². The van der Waals surface area contributed by atoms with E-state index in [2.05, 4.69) is 0 Å². The van der Waals surface area contributed by atoms with Crippen LogP contribution in [0, 0.1) is 20.8 Å². The molecule has 0 aliphatic carbocycles. The van der Waals surface area contributed by atoms with Crippen LogP contribution in [0.1, 0.15) is 34.2 Å². The van der Waals surface area contributed by atoms with Crippen LogP contribution in [0.25, 0.3) is 0 Å². The van der Waals surface area contributed by atoms with Gasteiger partial charge >= 0.3 is 12.1 Å². The summed E-state index contributed by atoms with van der Waals surface area (Å²) in [5.74, 6) is -1.98. The average molecular weight is 491 g/mol. The van der Waals surface area contributed by atoms with Crippen LogP contribution in [0.4, 0.5) is 13.2 Å². The molecule has 1 aromatic heterocycles. The summed E-state index contributed by atoms with van der Waals surface area (Å²) < 4.78 is 71.2. The van der Waals surface area contributed by atoms with Crippen molar-refractivity contribution in [2.45, 2.75) is 57.5 Å². The molecule has 2 rings (SSSR count). The minimum atomic E-state index is -4.49. The number of halogens is 3. The lowest BCUT2D eigenvalue weighted by atomic mass is 10.1.